The van der Waals surface area contributed by atoms with Gasteiger partial charge >= 0.3 is 0 Å². The highest BCUT2D eigenvalue weighted by Crippen LogP contribution is 2.20. The normalized spacial score (nSPS) is 10.9. The number of rotatable bonds is 2. The number of nitrogens with zero attached hydrogens (tertiary/aromatic N) is 1. The van der Waals surface area contributed by atoms with Crippen LogP contribution >= 0.6 is 11.6 Å². The maximum atomic E-state index is 8.78. The second-order valence-electron chi connectivity index (χ2n) is 2.84. The second-order valence-corrected chi connectivity index (χ2v) is 3.27. The van der Waals surface area contributed by atoms with Crippen molar-refractivity contribution >= 4 is 22.5 Å². The van der Waals surface area contributed by atoms with Crippen molar-refractivity contribution in [2.45, 2.75) is 6.42 Å². The van der Waals surface area contributed by atoms with E-state index >= 15 is 0 Å². The van der Waals surface area contributed by atoms with Gasteiger partial charge in [0.15, 0.2) is 0 Å². The first-order valence-electron chi connectivity index (χ1n) is 4.04. The number of aliphatic hydroxyl groups is 1. The Morgan fingerprint density at radius 2 is 2.31 bits per heavy atom. The minimum Gasteiger partial charge on any atom is -0.396 e. The number of hydrogen-bond donors (Lipinski definition) is 2. The minimum absolute atomic E-state index is 0.125. The van der Waals surface area contributed by atoms with Gasteiger partial charge in [0, 0.05) is 29.1 Å². The average Bonchev–Trinajstić information content (AvgIpc) is 2.49. The Labute approximate surface area is 80.3 Å². The van der Waals surface area contributed by atoms with Gasteiger partial charge in [0.25, 0.3) is 0 Å². The molecule has 0 bridgehead atoms. The largest absolute Gasteiger partial charge is 0.396 e. The van der Waals surface area contributed by atoms with E-state index in [9.17, 15) is 0 Å². The van der Waals surface area contributed by atoms with Gasteiger partial charge in [-0.25, -0.2) is 0 Å². The first-order valence-corrected chi connectivity index (χ1v) is 4.42. The van der Waals surface area contributed by atoms with Crippen LogP contribution in [0.2, 0.25) is 5.02 Å². The van der Waals surface area contributed by atoms with Gasteiger partial charge in [-0.1, -0.05) is 11.6 Å². The van der Waals surface area contributed by atoms with Gasteiger partial charge in [-0.05, 0) is 18.2 Å². The summed E-state index contributed by atoms with van der Waals surface area (Å²) in [6, 6.07) is 5.53. The molecule has 0 aliphatic rings. The molecule has 0 aliphatic carbocycles. The summed E-state index contributed by atoms with van der Waals surface area (Å²) in [6.45, 7) is 0.125. The highest BCUT2D eigenvalue weighted by atomic mass is 35.5. The molecule has 0 fully saturated rings. The Bertz CT molecular complexity index is 424. The molecule has 68 valence electrons. The lowest BCUT2D eigenvalue weighted by Crippen LogP contribution is -1.90. The lowest BCUT2D eigenvalue weighted by Gasteiger charge is -1.93. The van der Waals surface area contributed by atoms with E-state index in [2.05, 4.69) is 10.2 Å². The molecule has 2 aromatic rings. The molecule has 2 rings (SSSR count). The second kappa shape index (κ2) is 3.36. The summed E-state index contributed by atoms with van der Waals surface area (Å²) in [4.78, 5) is 0. The summed E-state index contributed by atoms with van der Waals surface area (Å²) >= 11 is 5.80. The quantitative estimate of drug-likeness (QED) is 0.769. The third-order valence-corrected chi connectivity index (χ3v) is 2.19. The lowest BCUT2D eigenvalue weighted by atomic mass is 10.2. The van der Waals surface area contributed by atoms with E-state index < -0.39 is 0 Å². The van der Waals surface area contributed by atoms with Crippen LogP contribution < -0.4 is 0 Å². The molecular formula is C9H9ClN2O. The number of aliphatic hydroxyl groups excluding tert-OH is 1. The Balaban J connectivity index is 2.55. The molecule has 0 unspecified atom stereocenters. The number of aromatic nitrogens is 2. The van der Waals surface area contributed by atoms with Crippen molar-refractivity contribution in [3.05, 3.63) is 28.9 Å². The molecule has 13 heavy (non-hydrogen) atoms. The predicted octanol–water partition coefficient (Wildman–Crippen LogP) is 1.75. The molecule has 0 atom stereocenters. The van der Waals surface area contributed by atoms with Crippen molar-refractivity contribution in [1.29, 1.82) is 0 Å². The molecule has 0 amide bonds. The summed E-state index contributed by atoms with van der Waals surface area (Å²) in [7, 11) is 0. The van der Waals surface area contributed by atoms with Crippen LogP contribution in [0.15, 0.2) is 18.2 Å². The molecule has 2 N–H and O–H groups in total. The molecule has 1 aromatic carbocycles. The van der Waals surface area contributed by atoms with E-state index in [4.69, 9.17) is 16.7 Å². The van der Waals surface area contributed by atoms with Gasteiger partial charge in [-0.3, -0.25) is 5.10 Å². The van der Waals surface area contributed by atoms with Crippen LogP contribution in [0.3, 0.4) is 0 Å². The maximum Gasteiger partial charge on any atom is 0.0938 e. The smallest absolute Gasteiger partial charge is 0.0938 e. The third kappa shape index (κ3) is 1.53. The van der Waals surface area contributed by atoms with Crippen LogP contribution in [-0.2, 0) is 6.42 Å². The monoisotopic (exact) mass is 196 g/mol. The molecule has 1 heterocycles. The maximum absolute atomic E-state index is 8.78. The van der Waals surface area contributed by atoms with E-state index in [0.717, 1.165) is 16.6 Å². The van der Waals surface area contributed by atoms with E-state index in [1.54, 1.807) is 6.07 Å². The fourth-order valence-corrected chi connectivity index (χ4v) is 1.51. The standard InChI is InChI=1S/C9H9ClN2O/c10-6-1-2-7-8(3-4-13)11-12-9(7)5-6/h1-2,5,13H,3-4H2,(H,11,12). The van der Waals surface area contributed by atoms with Crippen molar-refractivity contribution in [3.63, 3.8) is 0 Å². The molecule has 3 nitrogen and oxygen atoms in total. The highest BCUT2D eigenvalue weighted by Gasteiger charge is 2.04. The number of H-pyrrole nitrogens is 1. The summed E-state index contributed by atoms with van der Waals surface area (Å²) in [6.07, 6.45) is 0.595. The van der Waals surface area contributed by atoms with Crippen molar-refractivity contribution < 1.29 is 5.11 Å². The van der Waals surface area contributed by atoms with E-state index in [1.165, 1.54) is 0 Å². The molecule has 0 aliphatic heterocycles. The topological polar surface area (TPSA) is 48.9 Å². The average molecular weight is 197 g/mol. The van der Waals surface area contributed by atoms with E-state index in [-0.39, 0.29) is 6.61 Å². The summed E-state index contributed by atoms with van der Waals surface area (Å²) in [5, 5.41) is 17.4. The number of nitrogens with one attached hydrogen (secondary N) is 1. The molecule has 4 heteroatoms. The van der Waals surface area contributed by atoms with Gasteiger partial charge in [0.2, 0.25) is 0 Å². The van der Waals surface area contributed by atoms with Crippen LogP contribution in [-0.4, -0.2) is 21.9 Å². The number of benzene rings is 1. The highest BCUT2D eigenvalue weighted by molar-refractivity contribution is 6.31. The molecule has 0 radical (unpaired) electrons. The Morgan fingerprint density at radius 3 is 3.08 bits per heavy atom. The lowest BCUT2D eigenvalue weighted by molar-refractivity contribution is 0.298. The van der Waals surface area contributed by atoms with Crippen LogP contribution in [0.1, 0.15) is 5.69 Å². The van der Waals surface area contributed by atoms with Gasteiger partial charge in [0.1, 0.15) is 0 Å². The Kier molecular flexibility index (Phi) is 2.20. The van der Waals surface area contributed by atoms with Crippen molar-refractivity contribution in [2.75, 3.05) is 6.61 Å². The third-order valence-electron chi connectivity index (χ3n) is 1.96. The zero-order valence-electron chi connectivity index (χ0n) is 6.92. The first kappa shape index (κ1) is 8.53. The molecule has 0 spiro atoms. The summed E-state index contributed by atoms with van der Waals surface area (Å²) in [5.41, 5.74) is 1.80. The SMILES string of the molecule is OCCc1[nH]nc2cc(Cl)ccc12. The van der Waals surface area contributed by atoms with E-state index in [0.29, 0.717) is 11.4 Å². The predicted molar refractivity (Wildman–Crippen MR) is 51.9 cm³/mol. The van der Waals surface area contributed by atoms with E-state index in [1.807, 2.05) is 12.1 Å². The Hall–Kier alpha value is -1.06. The van der Waals surface area contributed by atoms with Crippen LogP contribution in [0.5, 0.6) is 0 Å². The number of halogens is 1. The molecule has 1 aromatic heterocycles. The summed E-state index contributed by atoms with van der Waals surface area (Å²) in [5.74, 6) is 0. The first-order chi connectivity index (χ1) is 6.31. The minimum atomic E-state index is 0.125. The van der Waals surface area contributed by atoms with Crippen molar-refractivity contribution in [3.8, 4) is 0 Å². The summed E-state index contributed by atoms with van der Waals surface area (Å²) < 4.78 is 0. The van der Waals surface area contributed by atoms with Crippen LogP contribution in [0, 0.1) is 0 Å². The van der Waals surface area contributed by atoms with Gasteiger partial charge in [-0.2, -0.15) is 5.10 Å². The molecular weight excluding hydrogens is 188 g/mol. The van der Waals surface area contributed by atoms with Crippen LogP contribution in [0.25, 0.3) is 10.9 Å². The van der Waals surface area contributed by atoms with Crippen LogP contribution in [0.4, 0.5) is 0 Å². The molecule has 0 saturated carbocycles. The van der Waals surface area contributed by atoms with Crippen molar-refractivity contribution in [1.82, 2.24) is 10.2 Å². The Morgan fingerprint density at radius 1 is 1.46 bits per heavy atom. The van der Waals surface area contributed by atoms with Gasteiger partial charge in [0.05, 0.1) is 5.52 Å². The number of aromatic amines is 1. The fraction of sp³-hybridized carbons (Fsp3) is 0.222. The zero-order valence-corrected chi connectivity index (χ0v) is 7.67. The fourth-order valence-electron chi connectivity index (χ4n) is 1.34. The number of fused-ring (bicyclic) bond motifs is 1. The number of hydrogen-bond acceptors (Lipinski definition) is 2. The van der Waals surface area contributed by atoms with Gasteiger partial charge < -0.3 is 5.11 Å². The van der Waals surface area contributed by atoms with Crippen molar-refractivity contribution in [2.24, 2.45) is 0 Å². The van der Waals surface area contributed by atoms with Gasteiger partial charge in [-0.15, -0.1) is 0 Å². The molecule has 0 saturated heterocycles. The zero-order chi connectivity index (χ0) is 9.26.